The topological polar surface area (TPSA) is 129 Å². The molecule has 2 rings (SSSR count). The highest BCUT2D eigenvalue weighted by atomic mass is 16.5. The lowest BCUT2D eigenvalue weighted by Gasteiger charge is -2.16. The summed E-state index contributed by atoms with van der Waals surface area (Å²) in [7, 11) is 3.10. The molecule has 2 aromatic rings. The summed E-state index contributed by atoms with van der Waals surface area (Å²) in [5, 5.41) is 15.0. The summed E-state index contributed by atoms with van der Waals surface area (Å²) in [6.07, 6.45) is 1.61. The molecule has 0 aromatic carbocycles. The Hall–Kier alpha value is -2.91. The summed E-state index contributed by atoms with van der Waals surface area (Å²) in [5.74, 6) is -0.378. The number of nitrogens with zero attached hydrogens (tertiary/aromatic N) is 4. The van der Waals surface area contributed by atoms with Gasteiger partial charge in [0.15, 0.2) is 0 Å². The van der Waals surface area contributed by atoms with E-state index >= 15 is 0 Å². The summed E-state index contributed by atoms with van der Waals surface area (Å²) < 4.78 is 4.85. The van der Waals surface area contributed by atoms with Crippen LogP contribution in [0, 0.1) is 0 Å². The van der Waals surface area contributed by atoms with Crippen LogP contribution in [0.3, 0.4) is 0 Å². The van der Waals surface area contributed by atoms with E-state index in [0.29, 0.717) is 6.54 Å². The Labute approximate surface area is 119 Å². The van der Waals surface area contributed by atoms with Crippen molar-refractivity contribution in [3.8, 4) is 0 Å². The van der Waals surface area contributed by atoms with Gasteiger partial charge in [-0.15, -0.1) is 0 Å². The van der Waals surface area contributed by atoms with E-state index in [1.54, 1.807) is 19.3 Å². The van der Waals surface area contributed by atoms with Gasteiger partial charge in [0.25, 0.3) is 11.7 Å². The number of nitrogens with one attached hydrogen (secondary N) is 3. The van der Waals surface area contributed by atoms with Crippen LogP contribution in [0.25, 0.3) is 0 Å². The lowest BCUT2D eigenvalue weighted by molar-refractivity contribution is 0.0950. The highest BCUT2D eigenvalue weighted by Gasteiger charge is 2.15. The third-order valence-corrected chi connectivity index (χ3v) is 2.60. The molecule has 0 aliphatic carbocycles. The fourth-order valence-corrected chi connectivity index (χ4v) is 1.52. The second-order valence-electron chi connectivity index (χ2n) is 4.19. The van der Waals surface area contributed by atoms with Gasteiger partial charge in [-0.1, -0.05) is 5.16 Å². The number of urea groups is 1. The SMILES string of the molecule is CNC(=O)c1noc(CNC(=O)N(C)Cc2ccn[nH]2)n1. The van der Waals surface area contributed by atoms with Crippen molar-refractivity contribution in [2.75, 3.05) is 14.1 Å². The first-order valence-electron chi connectivity index (χ1n) is 6.12. The monoisotopic (exact) mass is 293 g/mol. The minimum atomic E-state index is -0.451. The Bertz CT molecular complexity index is 607. The van der Waals surface area contributed by atoms with Crippen LogP contribution in [-0.2, 0) is 13.1 Å². The van der Waals surface area contributed by atoms with Crippen molar-refractivity contribution in [2.24, 2.45) is 0 Å². The molecule has 0 unspecified atom stereocenters. The van der Waals surface area contributed by atoms with Crippen molar-refractivity contribution in [2.45, 2.75) is 13.1 Å². The molecule has 2 aromatic heterocycles. The zero-order valence-electron chi connectivity index (χ0n) is 11.6. The number of hydrogen-bond donors (Lipinski definition) is 3. The summed E-state index contributed by atoms with van der Waals surface area (Å²) in [6, 6.07) is 1.46. The first-order valence-corrected chi connectivity index (χ1v) is 6.12. The molecule has 3 amide bonds. The van der Waals surface area contributed by atoms with Crippen molar-refractivity contribution in [1.82, 2.24) is 35.9 Å². The second-order valence-corrected chi connectivity index (χ2v) is 4.19. The number of carbonyl (C=O) groups excluding carboxylic acids is 2. The Morgan fingerprint density at radius 3 is 2.95 bits per heavy atom. The third kappa shape index (κ3) is 3.78. The van der Waals surface area contributed by atoms with Crippen molar-refractivity contribution in [3.05, 3.63) is 29.7 Å². The highest BCUT2D eigenvalue weighted by molar-refractivity contribution is 5.89. The first kappa shape index (κ1) is 14.5. The summed E-state index contributed by atoms with van der Waals surface area (Å²) in [5.41, 5.74) is 0.812. The molecular weight excluding hydrogens is 278 g/mol. The highest BCUT2D eigenvalue weighted by Crippen LogP contribution is 2.00. The molecule has 0 radical (unpaired) electrons. The van der Waals surface area contributed by atoms with Crippen LogP contribution in [-0.4, -0.2) is 51.3 Å². The molecule has 0 bridgehead atoms. The van der Waals surface area contributed by atoms with Crippen LogP contribution in [0.4, 0.5) is 4.79 Å². The maximum atomic E-state index is 11.9. The second kappa shape index (κ2) is 6.50. The fraction of sp³-hybridized carbons (Fsp3) is 0.364. The van der Waals surface area contributed by atoms with Gasteiger partial charge in [-0.25, -0.2) is 4.79 Å². The van der Waals surface area contributed by atoms with Crippen molar-refractivity contribution >= 4 is 11.9 Å². The van der Waals surface area contributed by atoms with Gasteiger partial charge in [0, 0.05) is 20.3 Å². The van der Waals surface area contributed by atoms with E-state index in [1.165, 1.54) is 11.9 Å². The molecule has 112 valence electrons. The first-order chi connectivity index (χ1) is 10.1. The van der Waals surface area contributed by atoms with Gasteiger partial charge in [0.05, 0.1) is 18.8 Å². The van der Waals surface area contributed by atoms with Gasteiger partial charge in [-0.2, -0.15) is 10.1 Å². The van der Waals surface area contributed by atoms with Gasteiger partial charge in [0.1, 0.15) is 0 Å². The summed E-state index contributed by atoms with van der Waals surface area (Å²) in [4.78, 5) is 28.4. The van der Waals surface area contributed by atoms with E-state index in [1.807, 2.05) is 0 Å². The molecule has 0 saturated carbocycles. The minimum absolute atomic E-state index is 0.0378. The summed E-state index contributed by atoms with van der Waals surface area (Å²) >= 11 is 0. The molecule has 0 saturated heterocycles. The Balaban J connectivity index is 1.83. The van der Waals surface area contributed by atoms with Crippen molar-refractivity contribution in [1.29, 1.82) is 0 Å². The number of rotatable bonds is 5. The van der Waals surface area contributed by atoms with Crippen LogP contribution in [0.1, 0.15) is 22.2 Å². The smallest absolute Gasteiger partial charge is 0.317 e. The molecule has 3 N–H and O–H groups in total. The fourth-order valence-electron chi connectivity index (χ4n) is 1.52. The number of hydrogen-bond acceptors (Lipinski definition) is 6. The maximum Gasteiger partial charge on any atom is 0.317 e. The predicted octanol–water partition coefficient (Wildman–Crippen LogP) is -0.506. The molecule has 0 aliphatic rings. The Morgan fingerprint density at radius 2 is 2.29 bits per heavy atom. The average molecular weight is 293 g/mol. The molecule has 10 nitrogen and oxygen atoms in total. The number of carbonyl (C=O) groups is 2. The van der Waals surface area contributed by atoms with Gasteiger partial charge < -0.3 is 20.1 Å². The molecule has 0 spiro atoms. The number of H-pyrrole nitrogens is 1. The minimum Gasteiger partial charge on any atom is -0.352 e. The molecule has 0 aliphatic heterocycles. The number of aromatic amines is 1. The number of amides is 3. The van der Waals surface area contributed by atoms with Crippen LogP contribution < -0.4 is 10.6 Å². The Morgan fingerprint density at radius 1 is 1.48 bits per heavy atom. The molecule has 10 heteroatoms. The standard InChI is InChI=1S/C11H15N7O3/c1-12-10(19)9-15-8(21-17-9)5-13-11(20)18(2)6-7-3-4-14-16-7/h3-4H,5-6H2,1-2H3,(H,12,19)(H,13,20)(H,14,16). The average Bonchev–Trinajstić information content (AvgIpc) is 3.15. The molecule has 0 atom stereocenters. The van der Waals surface area contributed by atoms with Gasteiger partial charge in [-0.05, 0) is 6.07 Å². The van der Waals surface area contributed by atoms with E-state index in [0.717, 1.165) is 5.69 Å². The van der Waals surface area contributed by atoms with Gasteiger partial charge in [-0.3, -0.25) is 9.89 Å². The summed E-state index contributed by atoms with van der Waals surface area (Å²) in [6.45, 7) is 0.426. The van der Waals surface area contributed by atoms with E-state index in [2.05, 4.69) is 31.0 Å². The lowest BCUT2D eigenvalue weighted by atomic mass is 10.4. The van der Waals surface area contributed by atoms with E-state index in [4.69, 9.17) is 4.52 Å². The van der Waals surface area contributed by atoms with Crippen molar-refractivity contribution in [3.63, 3.8) is 0 Å². The zero-order chi connectivity index (χ0) is 15.2. The Kier molecular flexibility index (Phi) is 4.49. The van der Waals surface area contributed by atoms with Crippen LogP contribution in [0.5, 0.6) is 0 Å². The normalized spacial score (nSPS) is 10.2. The van der Waals surface area contributed by atoms with Gasteiger partial charge >= 0.3 is 6.03 Å². The van der Waals surface area contributed by atoms with E-state index in [-0.39, 0.29) is 24.3 Å². The van der Waals surface area contributed by atoms with Crippen LogP contribution in [0.2, 0.25) is 0 Å². The van der Waals surface area contributed by atoms with Crippen molar-refractivity contribution < 1.29 is 14.1 Å². The van der Waals surface area contributed by atoms with E-state index < -0.39 is 5.91 Å². The lowest BCUT2D eigenvalue weighted by Crippen LogP contribution is -2.36. The molecular formula is C11H15N7O3. The van der Waals surface area contributed by atoms with Crippen LogP contribution in [0.15, 0.2) is 16.8 Å². The zero-order valence-corrected chi connectivity index (χ0v) is 11.6. The predicted molar refractivity (Wildman–Crippen MR) is 70.0 cm³/mol. The largest absolute Gasteiger partial charge is 0.352 e. The molecule has 2 heterocycles. The number of aromatic nitrogens is 4. The molecule has 0 fully saturated rings. The van der Waals surface area contributed by atoms with E-state index in [9.17, 15) is 9.59 Å². The van der Waals surface area contributed by atoms with Gasteiger partial charge in [0.2, 0.25) is 5.89 Å². The maximum absolute atomic E-state index is 11.9. The quantitative estimate of drug-likeness (QED) is 0.681. The third-order valence-electron chi connectivity index (χ3n) is 2.60. The molecule has 21 heavy (non-hydrogen) atoms. The van der Waals surface area contributed by atoms with Crippen LogP contribution >= 0.6 is 0 Å².